The Morgan fingerprint density at radius 3 is 2.14 bits per heavy atom. The smallest absolute Gasteiger partial charge is 0.162 e. The molecule has 0 fully saturated rings. The van der Waals surface area contributed by atoms with Gasteiger partial charge in [-0.3, -0.25) is 9.78 Å². The average Bonchev–Trinajstić information content (AvgIpc) is 3.41. The van der Waals surface area contributed by atoms with Gasteiger partial charge in [-0.05, 0) is 68.0 Å². The number of thiophene rings is 1. The fourth-order valence-electron chi connectivity index (χ4n) is 6.67. The monoisotopic (exact) mass is 871 g/mol. The number of aryl methyl sites for hydroxylation is 1. The minimum Gasteiger partial charge on any atom is -0.512 e. The van der Waals surface area contributed by atoms with Crippen LogP contribution in [0.4, 0.5) is 0 Å². The predicted octanol–water partition coefficient (Wildman–Crippen LogP) is 12.9. The third-order valence-corrected chi connectivity index (χ3v) is 12.0. The molecule has 0 spiro atoms. The van der Waals surface area contributed by atoms with Crippen molar-refractivity contribution in [2.24, 2.45) is 17.8 Å². The number of hydrogen-bond acceptors (Lipinski definition) is 4. The second kappa shape index (κ2) is 18.0. The topological polar surface area (TPSA) is 50.2 Å². The molecule has 0 amide bonds. The van der Waals surface area contributed by atoms with Crippen LogP contribution in [-0.2, 0) is 37.4 Å². The van der Waals surface area contributed by atoms with Crippen molar-refractivity contribution in [3.8, 4) is 11.3 Å². The molecule has 0 aliphatic rings. The number of nitrogens with zero attached hydrogens (tertiary/aromatic N) is 1. The number of pyridine rings is 1. The summed E-state index contributed by atoms with van der Waals surface area (Å²) in [5.74, 6) is 1.19. The quantitative estimate of drug-likeness (QED) is 0.0588. The van der Waals surface area contributed by atoms with Crippen LogP contribution in [0.15, 0.2) is 66.6 Å². The van der Waals surface area contributed by atoms with Crippen LogP contribution in [0.3, 0.4) is 0 Å². The first-order chi connectivity index (χ1) is 22.8. The van der Waals surface area contributed by atoms with E-state index in [0.717, 1.165) is 49.4 Å². The van der Waals surface area contributed by atoms with Gasteiger partial charge < -0.3 is 5.11 Å². The number of carbonyl (C=O) groups excluding carboxylic acids is 1. The molecular formula is C43H56IrNO2SSi-. The van der Waals surface area contributed by atoms with Crippen LogP contribution in [0, 0.1) is 30.7 Å². The van der Waals surface area contributed by atoms with E-state index in [2.05, 4.69) is 95.0 Å². The Hall–Kier alpha value is -2.63. The molecule has 0 aliphatic carbocycles. The molecule has 0 saturated heterocycles. The molecule has 265 valence electrons. The zero-order chi connectivity index (χ0) is 35.2. The molecule has 6 heteroatoms. The number of carbonyl (C=O) groups is 1. The van der Waals surface area contributed by atoms with Gasteiger partial charge in [-0.25, -0.2) is 0 Å². The summed E-state index contributed by atoms with van der Waals surface area (Å²) in [6.45, 7) is 22.2. The third-order valence-electron chi connectivity index (χ3n) is 9.29. The Labute approximate surface area is 314 Å². The summed E-state index contributed by atoms with van der Waals surface area (Å²) in [6, 6.07) is 23.0. The van der Waals surface area contributed by atoms with E-state index in [9.17, 15) is 9.90 Å². The minimum absolute atomic E-state index is 0. The van der Waals surface area contributed by atoms with E-state index < -0.39 is 8.07 Å². The molecule has 5 rings (SSSR count). The number of hydrogen-bond donors (Lipinski definition) is 1. The maximum atomic E-state index is 11.7. The molecule has 3 aromatic carbocycles. The van der Waals surface area contributed by atoms with Crippen LogP contribution in [0.5, 0.6) is 0 Å². The molecule has 0 unspecified atom stereocenters. The van der Waals surface area contributed by atoms with Gasteiger partial charge in [0.2, 0.25) is 0 Å². The van der Waals surface area contributed by atoms with Gasteiger partial charge in [0.05, 0.1) is 5.76 Å². The summed E-state index contributed by atoms with van der Waals surface area (Å²) in [4.78, 5) is 16.6. The van der Waals surface area contributed by atoms with Gasteiger partial charge in [-0.1, -0.05) is 108 Å². The Morgan fingerprint density at radius 1 is 0.878 bits per heavy atom. The third kappa shape index (κ3) is 10.2. The Morgan fingerprint density at radius 2 is 1.53 bits per heavy atom. The molecule has 1 N–H and O–H groups in total. The van der Waals surface area contributed by atoms with Gasteiger partial charge in [-0.2, -0.15) is 0 Å². The number of allylic oxidation sites excluding steroid dienone is 2. The average molecular weight is 871 g/mol. The van der Waals surface area contributed by atoms with Crippen molar-refractivity contribution in [1.82, 2.24) is 4.98 Å². The maximum Gasteiger partial charge on any atom is 0.162 e. The Kier molecular flexibility index (Phi) is 15.0. The second-order valence-corrected chi connectivity index (χ2v) is 21.5. The molecule has 0 bridgehead atoms. The molecule has 2 heterocycles. The van der Waals surface area contributed by atoms with E-state index in [1.807, 2.05) is 45.2 Å². The Bertz CT molecular complexity index is 1890. The van der Waals surface area contributed by atoms with Crippen molar-refractivity contribution in [3.63, 3.8) is 0 Å². The zero-order valence-corrected chi connectivity index (χ0v) is 35.5. The molecule has 5 aromatic rings. The molecule has 1 radical (unpaired) electrons. The van der Waals surface area contributed by atoms with Crippen LogP contribution < -0.4 is 0 Å². The van der Waals surface area contributed by atoms with Crippen molar-refractivity contribution in [3.05, 3.63) is 89.3 Å². The first-order valence-corrected chi connectivity index (χ1v) is 22.5. The molecular weight excluding hydrogens is 815 g/mol. The van der Waals surface area contributed by atoms with E-state index >= 15 is 0 Å². The van der Waals surface area contributed by atoms with Crippen molar-refractivity contribution in [2.45, 2.75) is 106 Å². The fraction of sp³-hybridized carbons (Fsp3) is 0.442. The number of aliphatic hydroxyl groups is 1. The van der Waals surface area contributed by atoms with E-state index in [-0.39, 0.29) is 43.5 Å². The first-order valence-electron chi connectivity index (χ1n) is 18.0. The number of rotatable bonds is 12. The summed E-state index contributed by atoms with van der Waals surface area (Å²) in [5, 5.41) is 15.0. The molecule has 3 nitrogen and oxygen atoms in total. The molecule has 0 aliphatic heterocycles. The predicted molar refractivity (Wildman–Crippen MR) is 213 cm³/mol. The number of ketones is 1. The van der Waals surface area contributed by atoms with Crippen LogP contribution in [-0.4, -0.2) is 23.9 Å². The van der Waals surface area contributed by atoms with Gasteiger partial charge in [-0.15, -0.1) is 40.5 Å². The van der Waals surface area contributed by atoms with Crippen molar-refractivity contribution in [1.29, 1.82) is 0 Å². The summed E-state index contributed by atoms with van der Waals surface area (Å²) >= 11 is 1.91. The SMILES string of the molecule is CCC(CC)C(=O)/C=C(\O)C(CC)CC.Cc1ccc2c(C[Si](C)(C)C)cc(-c3nccc4c3sc3c(CC(C)C)cccc34)[c-]c2c1.[Ir]. The van der Waals surface area contributed by atoms with Gasteiger partial charge in [0.25, 0.3) is 0 Å². The molecule has 2 aromatic heterocycles. The second-order valence-electron chi connectivity index (χ2n) is 15.0. The van der Waals surface area contributed by atoms with Crippen molar-refractivity contribution in [2.75, 3.05) is 0 Å². The van der Waals surface area contributed by atoms with Crippen LogP contribution in [0.2, 0.25) is 19.6 Å². The number of fused-ring (bicyclic) bond motifs is 4. The van der Waals surface area contributed by atoms with Crippen molar-refractivity contribution >= 4 is 56.1 Å². The zero-order valence-electron chi connectivity index (χ0n) is 31.3. The van der Waals surface area contributed by atoms with E-state index in [4.69, 9.17) is 4.98 Å². The number of benzene rings is 3. The van der Waals surface area contributed by atoms with Crippen LogP contribution in [0.1, 0.15) is 83.9 Å². The minimum atomic E-state index is -1.29. The van der Waals surface area contributed by atoms with Gasteiger partial charge >= 0.3 is 0 Å². The summed E-state index contributed by atoms with van der Waals surface area (Å²) in [5.41, 5.74) is 6.38. The van der Waals surface area contributed by atoms with Crippen molar-refractivity contribution < 1.29 is 30.0 Å². The summed E-state index contributed by atoms with van der Waals surface area (Å²) in [7, 11) is -1.29. The largest absolute Gasteiger partial charge is 0.512 e. The fourth-order valence-corrected chi connectivity index (χ4v) is 9.43. The summed E-state index contributed by atoms with van der Waals surface area (Å²) < 4.78 is 2.69. The molecule has 0 atom stereocenters. The number of aliphatic hydroxyl groups excluding tert-OH is 1. The van der Waals surface area contributed by atoms with E-state index in [1.54, 1.807) is 0 Å². The number of aromatic nitrogens is 1. The van der Waals surface area contributed by atoms with Gasteiger partial charge in [0.1, 0.15) is 0 Å². The normalized spacial score (nSPS) is 12.2. The Balaban J connectivity index is 0.000000347. The van der Waals surface area contributed by atoms with E-state index in [0.29, 0.717) is 5.92 Å². The summed E-state index contributed by atoms with van der Waals surface area (Å²) in [6.07, 6.45) is 7.99. The molecule has 0 saturated carbocycles. The van der Waals surface area contributed by atoms with Gasteiger partial charge in [0.15, 0.2) is 5.78 Å². The van der Waals surface area contributed by atoms with Crippen LogP contribution in [0.25, 0.3) is 42.2 Å². The van der Waals surface area contributed by atoms with Gasteiger partial charge in [0, 0.05) is 72.8 Å². The van der Waals surface area contributed by atoms with E-state index in [1.165, 1.54) is 53.7 Å². The van der Waals surface area contributed by atoms with Crippen LogP contribution >= 0.6 is 11.3 Å². The molecule has 49 heavy (non-hydrogen) atoms. The first kappa shape index (κ1) is 40.8. The maximum absolute atomic E-state index is 11.7. The standard InChI is InChI=1S/C30H32NSSi.C13H24O2.Ir/c1-19(2)14-21-8-7-9-26-27-12-13-31-28(30(27)32-29(21)26)23-16-22-15-20(3)10-11-25(22)24(17-23)18-33(4,5)6;1-5-10(6-2)12(14)9-13(15)11(7-3)8-4;/h7-13,15,17,19H,14,18H2,1-6H3;9-11,14H,5-8H2,1-4H3;/q-1;;/b;12-9-;.